The first-order chi connectivity index (χ1) is 11.6. The van der Waals surface area contributed by atoms with Gasteiger partial charge in [0.05, 0.1) is 19.3 Å². The lowest BCUT2D eigenvalue weighted by atomic mass is 10.0. The number of halogens is 1. The monoisotopic (exact) mass is 463 g/mol. The third-order valence-electron chi connectivity index (χ3n) is 4.14. The molecule has 0 aliphatic carbocycles. The zero-order valence-corrected chi connectivity index (χ0v) is 17.9. The second kappa shape index (κ2) is 10.7. The molecule has 2 N–H and O–H groups in total. The Balaban J connectivity index is 0.00000312. The first-order valence-corrected chi connectivity index (χ1v) is 8.48. The van der Waals surface area contributed by atoms with Gasteiger partial charge in [0.15, 0.2) is 17.5 Å². The third-order valence-corrected chi connectivity index (χ3v) is 4.14. The maximum absolute atomic E-state index is 5.79. The van der Waals surface area contributed by atoms with Crippen molar-refractivity contribution in [3.05, 3.63) is 23.8 Å². The van der Waals surface area contributed by atoms with Gasteiger partial charge in [-0.3, -0.25) is 4.99 Å². The van der Waals surface area contributed by atoms with Crippen LogP contribution in [0.25, 0.3) is 0 Å². The normalized spacial score (nSPS) is 19.9. The highest BCUT2D eigenvalue weighted by atomic mass is 127. The summed E-state index contributed by atoms with van der Waals surface area (Å²) in [6.45, 7) is 6.95. The van der Waals surface area contributed by atoms with Crippen LogP contribution in [0.3, 0.4) is 0 Å². The van der Waals surface area contributed by atoms with Crippen molar-refractivity contribution in [2.45, 2.75) is 38.8 Å². The van der Waals surface area contributed by atoms with Crippen molar-refractivity contribution in [1.82, 2.24) is 10.6 Å². The predicted octanol–water partition coefficient (Wildman–Crippen LogP) is 2.95. The summed E-state index contributed by atoms with van der Waals surface area (Å²) < 4.78 is 16.7. The number of hydrogen-bond acceptors (Lipinski definition) is 4. The molecule has 1 aliphatic rings. The number of rotatable bonds is 7. The Morgan fingerprint density at radius 1 is 1.32 bits per heavy atom. The lowest BCUT2D eigenvalue weighted by Gasteiger charge is -2.24. The Labute approximate surface area is 167 Å². The number of methoxy groups -OCH3 is 1. The lowest BCUT2D eigenvalue weighted by molar-refractivity contribution is 0.0243. The molecular formula is C18H30IN3O3. The molecule has 7 heteroatoms. The van der Waals surface area contributed by atoms with Gasteiger partial charge in [-0.15, -0.1) is 24.0 Å². The largest absolute Gasteiger partial charge is 0.493 e. The van der Waals surface area contributed by atoms with E-state index in [2.05, 4.69) is 22.5 Å². The summed E-state index contributed by atoms with van der Waals surface area (Å²) in [6, 6.07) is 5.93. The number of guanidine groups is 1. The van der Waals surface area contributed by atoms with Crippen molar-refractivity contribution in [3.8, 4) is 11.5 Å². The zero-order valence-electron chi connectivity index (χ0n) is 15.6. The van der Waals surface area contributed by atoms with Crippen molar-refractivity contribution in [1.29, 1.82) is 0 Å². The minimum atomic E-state index is -0.0974. The van der Waals surface area contributed by atoms with Gasteiger partial charge >= 0.3 is 0 Å². The van der Waals surface area contributed by atoms with Crippen molar-refractivity contribution in [2.75, 3.05) is 33.9 Å². The van der Waals surface area contributed by atoms with Crippen LogP contribution >= 0.6 is 24.0 Å². The lowest BCUT2D eigenvalue weighted by Crippen LogP contribution is -2.45. The molecule has 0 radical (unpaired) electrons. The summed E-state index contributed by atoms with van der Waals surface area (Å²) in [5, 5.41) is 6.66. The van der Waals surface area contributed by atoms with Crippen LogP contribution in [0.4, 0.5) is 0 Å². The van der Waals surface area contributed by atoms with Gasteiger partial charge < -0.3 is 24.8 Å². The molecule has 2 rings (SSSR count). The van der Waals surface area contributed by atoms with Gasteiger partial charge in [0.2, 0.25) is 0 Å². The average molecular weight is 463 g/mol. The maximum atomic E-state index is 5.79. The van der Waals surface area contributed by atoms with Gasteiger partial charge in [0.1, 0.15) is 0 Å². The van der Waals surface area contributed by atoms with Crippen LogP contribution in [0.2, 0.25) is 0 Å². The molecule has 1 heterocycles. The molecule has 1 fully saturated rings. The number of nitrogens with one attached hydrogen (secondary N) is 2. The van der Waals surface area contributed by atoms with Crippen molar-refractivity contribution in [3.63, 3.8) is 0 Å². The van der Waals surface area contributed by atoms with E-state index in [4.69, 9.17) is 14.2 Å². The number of hydrogen-bond donors (Lipinski definition) is 2. The molecule has 0 bridgehead atoms. The van der Waals surface area contributed by atoms with Crippen LogP contribution in [-0.2, 0) is 11.3 Å². The maximum Gasteiger partial charge on any atom is 0.191 e. The van der Waals surface area contributed by atoms with E-state index < -0.39 is 0 Å². The Morgan fingerprint density at radius 2 is 2.12 bits per heavy atom. The van der Waals surface area contributed by atoms with Crippen LogP contribution in [0.1, 0.15) is 32.3 Å². The highest BCUT2D eigenvalue weighted by molar-refractivity contribution is 14.0. The number of benzene rings is 1. The number of nitrogens with zero attached hydrogens (tertiary/aromatic N) is 1. The molecular weight excluding hydrogens is 433 g/mol. The minimum Gasteiger partial charge on any atom is -0.493 e. The van der Waals surface area contributed by atoms with Crippen LogP contribution in [0.5, 0.6) is 11.5 Å². The van der Waals surface area contributed by atoms with E-state index in [0.717, 1.165) is 49.0 Å². The fourth-order valence-corrected chi connectivity index (χ4v) is 2.75. The molecule has 6 nitrogen and oxygen atoms in total. The van der Waals surface area contributed by atoms with Crippen LogP contribution in [-0.4, -0.2) is 45.5 Å². The van der Waals surface area contributed by atoms with Crippen LogP contribution in [0.15, 0.2) is 23.2 Å². The van der Waals surface area contributed by atoms with E-state index in [-0.39, 0.29) is 29.6 Å². The second-order valence-corrected chi connectivity index (χ2v) is 6.10. The quantitative estimate of drug-likeness (QED) is 0.370. The molecule has 1 aliphatic heterocycles. The van der Waals surface area contributed by atoms with Crippen molar-refractivity contribution < 1.29 is 14.2 Å². The van der Waals surface area contributed by atoms with Gasteiger partial charge in [-0.05, 0) is 44.4 Å². The standard InChI is InChI=1S/C18H29N3O3.HI/c1-5-23-16-11-14(7-8-15(16)22-4)12-20-17(19-3)21-13-18(2)9-6-10-24-18;/h7-8,11H,5-6,9-10,12-13H2,1-4H3,(H2,19,20,21);1H. The predicted molar refractivity (Wildman–Crippen MR) is 111 cm³/mol. The second-order valence-electron chi connectivity index (χ2n) is 6.10. The number of aliphatic imine (C=N–C) groups is 1. The van der Waals surface area contributed by atoms with E-state index in [1.165, 1.54) is 0 Å². The van der Waals surface area contributed by atoms with Crippen molar-refractivity contribution >= 4 is 29.9 Å². The van der Waals surface area contributed by atoms with E-state index in [1.807, 2.05) is 25.1 Å². The molecule has 0 spiro atoms. The molecule has 1 aromatic carbocycles. The first-order valence-electron chi connectivity index (χ1n) is 8.48. The molecule has 1 aromatic rings. The fourth-order valence-electron chi connectivity index (χ4n) is 2.75. The molecule has 1 atom stereocenters. The molecule has 1 saturated heterocycles. The van der Waals surface area contributed by atoms with Gasteiger partial charge in [0.25, 0.3) is 0 Å². The Kier molecular flexibility index (Phi) is 9.34. The average Bonchev–Trinajstić information content (AvgIpc) is 3.02. The molecule has 0 aromatic heterocycles. The van der Waals surface area contributed by atoms with Gasteiger partial charge in [-0.1, -0.05) is 6.07 Å². The summed E-state index contributed by atoms with van der Waals surface area (Å²) in [6.07, 6.45) is 2.20. The zero-order chi connectivity index (χ0) is 17.4. The molecule has 25 heavy (non-hydrogen) atoms. The topological polar surface area (TPSA) is 64.1 Å². The fraction of sp³-hybridized carbons (Fsp3) is 0.611. The molecule has 142 valence electrons. The Morgan fingerprint density at radius 3 is 2.72 bits per heavy atom. The third kappa shape index (κ3) is 6.54. The summed E-state index contributed by atoms with van der Waals surface area (Å²) >= 11 is 0. The summed E-state index contributed by atoms with van der Waals surface area (Å²) in [7, 11) is 3.42. The van der Waals surface area contributed by atoms with Crippen LogP contribution < -0.4 is 20.1 Å². The molecule has 1 unspecified atom stereocenters. The Bertz CT molecular complexity index is 560. The summed E-state index contributed by atoms with van der Waals surface area (Å²) in [5.74, 6) is 2.27. The van der Waals surface area contributed by atoms with Crippen molar-refractivity contribution in [2.24, 2.45) is 4.99 Å². The van der Waals surface area contributed by atoms with Gasteiger partial charge in [-0.2, -0.15) is 0 Å². The molecule has 0 saturated carbocycles. The summed E-state index contributed by atoms with van der Waals surface area (Å²) in [5.41, 5.74) is 1.00. The van der Waals surface area contributed by atoms with Gasteiger partial charge in [0, 0.05) is 26.7 Å². The highest BCUT2D eigenvalue weighted by Crippen LogP contribution is 2.28. The minimum absolute atomic E-state index is 0. The summed E-state index contributed by atoms with van der Waals surface area (Å²) in [4.78, 5) is 4.27. The number of ether oxygens (including phenoxy) is 3. The smallest absolute Gasteiger partial charge is 0.191 e. The SMILES string of the molecule is CCOc1cc(CNC(=NC)NCC2(C)CCCO2)ccc1OC.I. The van der Waals surface area contributed by atoms with E-state index in [1.54, 1.807) is 14.2 Å². The van der Waals surface area contributed by atoms with Gasteiger partial charge in [-0.25, -0.2) is 0 Å². The van der Waals surface area contributed by atoms with Crippen LogP contribution in [0, 0.1) is 0 Å². The molecule has 0 amide bonds. The first kappa shape index (κ1) is 21.8. The van der Waals surface area contributed by atoms with E-state index in [0.29, 0.717) is 13.2 Å². The Hall–Kier alpha value is -1.22. The van der Waals surface area contributed by atoms with E-state index >= 15 is 0 Å². The highest BCUT2D eigenvalue weighted by Gasteiger charge is 2.29. The van der Waals surface area contributed by atoms with E-state index in [9.17, 15) is 0 Å².